The van der Waals surface area contributed by atoms with Crippen LogP contribution in [0.3, 0.4) is 0 Å². The maximum absolute atomic E-state index is 13.8. The fourth-order valence-electron chi connectivity index (χ4n) is 2.24. The smallest absolute Gasteiger partial charge is 0.129 e. The van der Waals surface area contributed by atoms with Crippen LogP contribution >= 0.6 is 15.9 Å². The number of benzene rings is 1. The molecule has 0 bridgehead atoms. The number of likely N-dealkylation sites (N-methyl/N-ethyl adjacent to an activating group) is 1. The van der Waals surface area contributed by atoms with E-state index in [0.29, 0.717) is 6.54 Å². The summed E-state index contributed by atoms with van der Waals surface area (Å²) in [5.41, 5.74) is 0.972. The molecule has 1 aromatic heterocycles. The minimum absolute atomic E-state index is 0.0857. The van der Waals surface area contributed by atoms with Crippen LogP contribution in [0, 0.1) is 11.6 Å². The summed E-state index contributed by atoms with van der Waals surface area (Å²) >= 11 is 3.44. The van der Waals surface area contributed by atoms with Crippen molar-refractivity contribution < 1.29 is 8.78 Å². The molecule has 1 aromatic carbocycles. The molecule has 0 amide bonds. The molecule has 2 aromatic rings. The van der Waals surface area contributed by atoms with Crippen LogP contribution in [-0.4, -0.2) is 16.8 Å². The lowest BCUT2D eigenvalue weighted by Crippen LogP contribution is -2.23. The first-order valence-corrected chi connectivity index (χ1v) is 7.19. The first-order chi connectivity index (χ1) is 9.58. The topological polar surface area (TPSA) is 29.9 Å². The molecule has 0 aliphatic heterocycles. The van der Waals surface area contributed by atoms with Crippen LogP contribution in [0.5, 0.6) is 0 Å². The number of nitrogens with one attached hydrogen (secondary N) is 1. The third-order valence-corrected chi connectivity index (χ3v) is 3.89. The molecule has 0 radical (unpaired) electrons. The summed E-state index contributed by atoms with van der Waals surface area (Å²) in [5, 5.41) is 7.33. The molecule has 0 fully saturated rings. The van der Waals surface area contributed by atoms with Crippen LogP contribution in [0.2, 0.25) is 0 Å². The van der Waals surface area contributed by atoms with E-state index in [9.17, 15) is 8.78 Å². The van der Waals surface area contributed by atoms with E-state index in [4.69, 9.17) is 0 Å². The molecule has 0 aliphatic carbocycles. The van der Waals surface area contributed by atoms with Gasteiger partial charge in [-0.3, -0.25) is 4.68 Å². The highest BCUT2D eigenvalue weighted by Gasteiger charge is 2.21. The lowest BCUT2D eigenvalue weighted by Gasteiger charge is -2.19. The van der Waals surface area contributed by atoms with E-state index < -0.39 is 11.6 Å². The van der Waals surface area contributed by atoms with Crippen LogP contribution < -0.4 is 5.32 Å². The van der Waals surface area contributed by atoms with Gasteiger partial charge in [0.1, 0.15) is 11.6 Å². The van der Waals surface area contributed by atoms with Crippen molar-refractivity contribution in [2.24, 2.45) is 0 Å². The van der Waals surface area contributed by atoms with Gasteiger partial charge in [-0.05, 0) is 48.5 Å². The largest absolute Gasteiger partial charge is 0.311 e. The van der Waals surface area contributed by atoms with Gasteiger partial charge in [0, 0.05) is 12.1 Å². The zero-order chi connectivity index (χ0) is 14.7. The molecule has 0 saturated heterocycles. The second-order valence-electron chi connectivity index (χ2n) is 4.44. The number of hydrogen-bond acceptors (Lipinski definition) is 2. The number of aromatic nitrogens is 2. The summed E-state index contributed by atoms with van der Waals surface area (Å²) < 4.78 is 30.2. The molecule has 1 heterocycles. The quantitative estimate of drug-likeness (QED) is 0.901. The Bertz CT molecular complexity index is 578. The zero-order valence-electron chi connectivity index (χ0n) is 11.3. The van der Waals surface area contributed by atoms with Gasteiger partial charge < -0.3 is 5.32 Å². The SMILES string of the molecule is CCn1ncc(Br)c1C(Cc1c(F)cccc1F)NC. The summed E-state index contributed by atoms with van der Waals surface area (Å²) in [6, 6.07) is 3.70. The molecular weight excluding hydrogens is 328 g/mol. The Hall–Kier alpha value is -1.27. The summed E-state index contributed by atoms with van der Waals surface area (Å²) in [6.45, 7) is 2.66. The average molecular weight is 344 g/mol. The van der Waals surface area contributed by atoms with Gasteiger partial charge in [0.2, 0.25) is 0 Å². The Morgan fingerprint density at radius 2 is 2.00 bits per heavy atom. The van der Waals surface area contributed by atoms with E-state index in [-0.39, 0.29) is 18.0 Å². The van der Waals surface area contributed by atoms with Crippen LogP contribution in [0.4, 0.5) is 8.78 Å². The Morgan fingerprint density at radius 1 is 1.35 bits per heavy atom. The molecule has 20 heavy (non-hydrogen) atoms. The van der Waals surface area contributed by atoms with Crippen molar-refractivity contribution in [3.63, 3.8) is 0 Å². The normalized spacial score (nSPS) is 12.7. The molecular formula is C14H16BrF2N3. The first-order valence-electron chi connectivity index (χ1n) is 6.39. The summed E-state index contributed by atoms with van der Waals surface area (Å²) in [7, 11) is 1.77. The van der Waals surface area contributed by atoms with Crippen molar-refractivity contribution in [1.29, 1.82) is 0 Å². The molecule has 1 N–H and O–H groups in total. The molecule has 0 spiro atoms. The van der Waals surface area contributed by atoms with Crippen LogP contribution in [0.1, 0.15) is 24.2 Å². The summed E-state index contributed by atoms with van der Waals surface area (Å²) in [5.74, 6) is -1.05. The van der Waals surface area contributed by atoms with Crippen LogP contribution in [0.15, 0.2) is 28.9 Å². The highest BCUT2D eigenvalue weighted by molar-refractivity contribution is 9.10. The third-order valence-electron chi connectivity index (χ3n) is 3.28. The predicted molar refractivity (Wildman–Crippen MR) is 77.5 cm³/mol. The number of rotatable bonds is 5. The fraction of sp³-hybridized carbons (Fsp3) is 0.357. The van der Waals surface area contributed by atoms with E-state index in [1.165, 1.54) is 18.2 Å². The molecule has 1 unspecified atom stereocenters. The van der Waals surface area contributed by atoms with E-state index in [2.05, 4.69) is 26.3 Å². The predicted octanol–water partition coefficient (Wildman–Crippen LogP) is 3.45. The monoisotopic (exact) mass is 343 g/mol. The van der Waals surface area contributed by atoms with Crippen molar-refractivity contribution in [2.45, 2.75) is 25.9 Å². The van der Waals surface area contributed by atoms with E-state index >= 15 is 0 Å². The van der Waals surface area contributed by atoms with Crippen molar-refractivity contribution >= 4 is 15.9 Å². The molecule has 0 saturated carbocycles. The van der Waals surface area contributed by atoms with E-state index in [1.54, 1.807) is 13.2 Å². The Kier molecular flexibility index (Phi) is 4.88. The Labute approximate surface area is 125 Å². The maximum Gasteiger partial charge on any atom is 0.129 e. The lowest BCUT2D eigenvalue weighted by atomic mass is 10.0. The second-order valence-corrected chi connectivity index (χ2v) is 5.29. The number of hydrogen-bond donors (Lipinski definition) is 1. The zero-order valence-corrected chi connectivity index (χ0v) is 12.9. The van der Waals surface area contributed by atoms with E-state index in [1.807, 2.05) is 11.6 Å². The highest BCUT2D eigenvalue weighted by atomic mass is 79.9. The fourth-order valence-corrected chi connectivity index (χ4v) is 2.81. The molecule has 6 heteroatoms. The van der Waals surface area contributed by atoms with Crippen molar-refractivity contribution in [3.8, 4) is 0 Å². The number of aryl methyl sites for hydroxylation is 1. The number of halogens is 3. The van der Waals surface area contributed by atoms with Crippen molar-refractivity contribution in [2.75, 3.05) is 7.05 Å². The first kappa shape index (κ1) is 15.1. The van der Waals surface area contributed by atoms with Gasteiger partial charge in [0.15, 0.2) is 0 Å². The molecule has 0 aliphatic rings. The second kappa shape index (κ2) is 6.45. The average Bonchev–Trinajstić information content (AvgIpc) is 2.80. The van der Waals surface area contributed by atoms with Gasteiger partial charge in [0.05, 0.1) is 22.4 Å². The number of nitrogens with zero attached hydrogens (tertiary/aromatic N) is 2. The molecule has 108 valence electrons. The van der Waals surface area contributed by atoms with Gasteiger partial charge in [-0.1, -0.05) is 6.07 Å². The van der Waals surface area contributed by atoms with Gasteiger partial charge in [0.25, 0.3) is 0 Å². The molecule has 3 nitrogen and oxygen atoms in total. The van der Waals surface area contributed by atoms with Gasteiger partial charge >= 0.3 is 0 Å². The Morgan fingerprint density at radius 3 is 2.55 bits per heavy atom. The summed E-state index contributed by atoms with van der Waals surface area (Å²) in [6.07, 6.45) is 1.92. The maximum atomic E-state index is 13.8. The Balaban J connectivity index is 2.36. The van der Waals surface area contributed by atoms with Gasteiger partial charge in [-0.15, -0.1) is 0 Å². The van der Waals surface area contributed by atoms with Crippen LogP contribution in [-0.2, 0) is 13.0 Å². The lowest BCUT2D eigenvalue weighted by molar-refractivity contribution is 0.482. The summed E-state index contributed by atoms with van der Waals surface area (Å²) in [4.78, 5) is 0. The van der Waals surface area contributed by atoms with E-state index in [0.717, 1.165) is 10.2 Å². The van der Waals surface area contributed by atoms with Gasteiger partial charge in [-0.25, -0.2) is 8.78 Å². The minimum atomic E-state index is -0.524. The van der Waals surface area contributed by atoms with Gasteiger partial charge in [-0.2, -0.15) is 5.10 Å². The standard InChI is InChI=1S/C14H16BrF2N3/c1-3-20-14(10(15)8-19-20)13(18-2)7-9-11(16)5-4-6-12(9)17/h4-6,8,13,18H,3,7H2,1-2H3. The molecule has 2 rings (SSSR count). The minimum Gasteiger partial charge on any atom is -0.311 e. The highest BCUT2D eigenvalue weighted by Crippen LogP contribution is 2.27. The third kappa shape index (κ3) is 2.91. The van der Waals surface area contributed by atoms with Crippen molar-refractivity contribution in [3.05, 3.63) is 51.8 Å². The van der Waals surface area contributed by atoms with Crippen LogP contribution in [0.25, 0.3) is 0 Å². The van der Waals surface area contributed by atoms with Crippen molar-refractivity contribution in [1.82, 2.24) is 15.1 Å². The molecule has 1 atom stereocenters.